The predicted molar refractivity (Wildman–Crippen MR) is 97.4 cm³/mol. The summed E-state index contributed by atoms with van der Waals surface area (Å²) < 4.78 is 5.17. The number of benzene rings is 2. The molecule has 0 aliphatic carbocycles. The number of para-hydroxylation sites is 1. The Morgan fingerprint density at radius 2 is 1.56 bits per heavy atom. The van der Waals surface area contributed by atoms with Crippen LogP contribution in [-0.2, 0) is 0 Å². The zero-order valence-corrected chi connectivity index (χ0v) is 13.6. The molecule has 0 bridgehead atoms. The summed E-state index contributed by atoms with van der Waals surface area (Å²) in [6.07, 6.45) is 0. The van der Waals surface area contributed by atoms with E-state index in [1.165, 1.54) is 0 Å². The van der Waals surface area contributed by atoms with Gasteiger partial charge in [-0.3, -0.25) is 5.32 Å². The van der Waals surface area contributed by atoms with E-state index in [1.807, 2.05) is 42.5 Å². The summed E-state index contributed by atoms with van der Waals surface area (Å²) in [5.74, 6) is 1.65. The van der Waals surface area contributed by atoms with Crippen molar-refractivity contribution in [3.63, 3.8) is 0 Å². The van der Waals surface area contributed by atoms with E-state index < -0.39 is 0 Å². The van der Waals surface area contributed by atoms with Gasteiger partial charge in [-0.1, -0.05) is 24.3 Å². The summed E-state index contributed by atoms with van der Waals surface area (Å²) in [7, 11) is 1.61. The van der Waals surface area contributed by atoms with Gasteiger partial charge < -0.3 is 15.4 Å². The van der Waals surface area contributed by atoms with Crippen LogP contribution in [0.15, 0.2) is 66.7 Å². The fourth-order valence-corrected chi connectivity index (χ4v) is 2.11. The first-order valence-electron chi connectivity index (χ1n) is 7.61. The van der Waals surface area contributed by atoms with Crippen LogP contribution in [0.25, 0.3) is 0 Å². The van der Waals surface area contributed by atoms with Crippen LogP contribution < -0.4 is 20.7 Å². The maximum Gasteiger partial charge on any atom is 0.324 e. The number of ether oxygens (including phenoxy) is 1. The second-order valence-electron chi connectivity index (χ2n) is 5.11. The van der Waals surface area contributed by atoms with Gasteiger partial charge in [0, 0.05) is 17.4 Å². The zero-order chi connectivity index (χ0) is 17.5. The summed E-state index contributed by atoms with van der Waals surface area (Å²) in [5, 5.41) is 16.5. The molecule has 0 atom stereocenters. The molecule has 1 heterocycles. The lowest BCUT2D eigenvalue weighted by Crippen LogP contribution is -2.20. The van der Waals surface area contributed by atoms with Crippen LogP contribution in [-0.4, -0.2) is 23.3 Å². The van der Waals surface area contributed by atoms with Gasteiger partial charge in [-0.25, -0.2) is 4.79 Å². The summed E-state index contributed by atoms with van der Waals surface area (Å²) >= 11 is 0. The lowest BCUT2D eigenvalue weighted by Gasteiger charge is -2.08. The van der Waals surface area contributed by atoms with Gasteiger partial charge in [0.1, 0.15) is 5.75 Å². The van der Waals surface area contributed by atoms with E-state index in [2.05, 4.69) is 26.1 Å². The maximum absolute atomic E-state index is 11.9. The van der Waals surface area contributed by atoms with Gasteiger partial charge in [0.2, 0.25) is 0 Å². The molecular formula is C18H17N5O2. The Bertz CT molecular complexity index is 838. The van der Waals surface area contributed by atoms with Gasteiger partial charge in [-0.2, -0.15) is 0 Å². The van der Waals surface area contributed by atoms with Gasteiger partial charge in [-0.15, -0.1) is 10.2 Å². The molecule has 0 spiro atoms. The highest BCUT2D eigenvalue weighted by atomic mass is 16.5. The summed E-state index contributed by atoms with van der Waals surface area (Å²) in [6, 6.07) is 19.6. The van der Waals surface area contributed by atoms with Crippen molar-refractivity contribution in [1.29, 1.82) is 0 Å². The number of nitrogens with one attached hydrogen (secondary N) is 3. The normalized spacial score (nSPS) is 9.96. The van der Waals surface area contributed by atoms with Crippen LogP contribution >= 0.6 is 0 Å². The smallest absolute Gasteiger partial charge is 0.324 e. The van der Waals surface area contributed by atoms with E-state index >= 15 is 0 Å². The fraction of sp³-hybridized carbons (Fsp3) is 0.0556. The Morgan fingerprint density at radius 1 is 0.840 bits per heavy atom. The van der Waals surface area contributed by atoms with Crippen LogP contribution in [0.5, 0.6) is 5.75 Å². The average Bonchev–Trinajstić information content (AvgIpc) is 2.64. The SMILES string of the molecule is COc1cccc(Nc2ccc(NC(=O)Nc3ccccc3)nn2)c1. The first-order valence-corrected chi connectivity index (χ1v) is 7.61. The molecule has 2 aromatic carbocycles. The molecule has 126 valence electrons. The van der Waals surface area contributed by atoms with Crippen molar-refractivity contribution in [1.82, 2.24) is 10.2 Å². The Morgan fingerprint density at radius 3 is 2.28 bits per heavy atom. The van der Waals surface area contributed by atoms with E-state index in [0.29, 0.717) is 17.3 Å². The monoisotopic (exact) mass is 335 g/mol. The second kappa shape index (κ2) is 7.78. The molecule has 7 heteroatoms. The minimum absolute atomic E-state index is 0.352. The Kier molecular flexibility index (Phi) is 5.06. The third-order valence-electron chi connectivity index (χ3n) is 3.28. The zero-order valence-electron chi connectivity index (χ0n) is 13.6. The first kappa shape index (κ1) is 16.3. The highest BCUT2D eigenvalue weighted by Gasteiger charge is 2.05. The molecule has 0 aliphatic rings. The van der Waals surface area contributed by atoms with Crippen molar-refractivity contribution in [3.05, 3.63) is 66.7 Å². The summed E-state index contributed by atoms with van der Waals surface area (Å²) in [5.41, 5.74) is 1.53. The van der Waals surface area contributed by atoms with Crippen molar-refractivity contribution < 1.29 is 9.53 Å². The van der Waals surface area contributed by atoms with Gasteiger partial charge in [0.15, 0.2) is 11.6 Å². The van der Waals surface area contributed by atoms with E-state index in [0.717, 1.165) is 11.4 Å². The molecule has 7 nitrogen and oxygen atoms in total. The standard InChI is InChI=1S/C18H17N5O2/c1-25-15-9-5-8-14(12-15)19-16-10-11-17(23-22-16)21-18(24)20-13-6-3-2-4-7-13/h2-12H,1H3,(H,19,22)(H2,20,21,23,24). The number of anilines is 4. The number of carbonyl (C=O) groups is 1. The molecule has 1 aromatic heterocycles. The molecule has 0 fully saturated rings. The van der Waals surface area contributed by atoms with E-state index in [-0.39, 0.29) is 6.03 Å². The fourth-order valence-electron chi connectivity index (χ4n) is 2.11. The number of carbonyl (C=O) groups excluding carboxylic acids is 1. The predicted octanol–water partition coefficient (Wildman–Crippen LogP) is 3.87. The summed E-state index contributed by atoms with van der Waals surface area (Å²) in [4.78, 5) is 11.9. The molecule has 25 heavy (non-hydrogen) atoms. The van der Waals surface area contributed by atoms with E-state index in [9.17, 15) is 4.79 Å². The van der Waals surface area contributed by atoms with Crippen LogP contribution in [0.2, 0.25) is 0 Å². The first-order chi connectivity index (χ1) is 12.2. The van der Waals surface area contributed by atoms with Crippen molar-refractivity contribution in [3.8, 4) is 5.75 Å². The minimum Gasteiger partial charge on any atom is -0.497 e. The summed E-state index contributed by atoms with van der Waals surface area (Å²) in [6.45, 7) is 0. The highest BCUT2D eigenvalue weighted by Crippen LogP contribution is 2.20. The number of aromatic nitrogens is 2. The van der Waals surface area contributed by atoms with Crippen LogP contribution in [0.1, 0.15) is 0 Å². The van der Waals surface area contributed by atoms with Gasteiger partial charge in [0.05, 0.1) is 7.11 Å². The molecule has 0 saturated carbocycles. The Balaban J connectivity index is 1.59. The van der Waals surface area contributed by atoms with Crippen LogP contribution in [0.4, 0.5) is 27.8 Å². The largest absolute Gasteiger partial charge is 0.497 e. The van der Waals surface area contributed by atoms with Crippen molar-refractivity contribution in [2.45, 2.75) is 0 Å². The number of rotatable bonds is 5. The number of urea groups is 1. The molecule has 0 saturated heterocycles. The Hall–Kier alpha value is -3.61. The molecule has 0 aliphatic heterocycles. The molecule has 3 rings (SSSR count). The third kappa shape index (κ3) is 4.68. The van der Waals surface area contributed by atoms with Crippen molar-refractivity contribution >= 4 is 29.0 Å². The van der Waals surface area contributed by atoms with E-state index in [4.69, 9.17) is 4.74 Å². The number of nitrogens with zero attached hydrogens (tertiary/aromatic N) is 2. The van der Waals surface area contributed by atoms with Crippen molar-refractivity contribution in [2.75, 3.05) is 23.1 Å². The highest BCUT2D eigenvalue weighted by molar-refractivity contribution is 5.99. The molecular weight excluding hydrogens is 318 g/mol. The molecule has 3 N–H and O–H groups in total. The van der Waals surface area contributed by atoms with Gasteiger partial charge in [0.25, 0.3) is 0 Å². The molecule has 2 amide bonds. The number of hydrogen-bond donors (Lipinski definition) is 3. The van der Waals surface area contributed by atoms with Crippen LogP contribution in [0.3, 0.4) is 0 Å². The van der Waals surface area contributed by atoms with Crippen molar-refractivity contribution in [2.24, 2.45) is 0 Å². The maximum atomic E-state index is 11.9. The Labute approximate surface area is 145 Å². The lowest BCUT2D eigenvalue weighted by atomic mass is 10.3. The van der Waals surface area contributed by atoms with E-state index in [1.54, 1.807) is 31.4 Å². The second-order valence-corrected chi connectivity index (χ2v) is 5.11. The number of hydrogen-bond acceptors (Lipinski definition) is 5. The molecule has 0 unspecified atom stereocenters. The van der Waals surface area contributed by atoms with Gasteiger partial charge >= 0.3 is 6.03 Å². The third-order valence-corrected chi connectivity index (χ3v) is 3.28. The quantitative estimate of drug-likeness (QED) is 0.659. The number of methoxy groups -OCH3 is 1. The number of amides is 2. The molecule has 3 aromatic rings. The van der Waals surface area contributed by atoms with Crippen LogP contribution in [0, 0.1) is 0 Å². The molecule has 0 radical (unpaired) electrons. The minimum atomic E-state index is -0.381. The topological polar surface area (TPSA) is 88.2 Å². The van der Waals surface area contributed by atoms with Gasteiger partial charge in [-0.05, 0) is 36.4 Å². The lowest BCUT2D eigenvalue weighted by molar-refractivity contribution is 0.262. The average molecular weight is 335 g/mol.